The number of amides is 1. The Bertz CT molecular complexity index is 734. The molecule has 2 rings (SSSR count). The van der Waals surface area contributed by atoms with Gasteiger partial charge in [0.1, 0.15) is 5.82 Å². The van der Waals surface area contributed by atoms with E-state index in [9.17, 15) is 19.3 Å². The van der Waals surface area contributed by atoms with Crippen LogP contribution in [0.2, 0.25) is 0 Å². The first-order valence-electron chi connectivity index (χ1n) is 5.90. The van der Waals surface area contributed by atoms with Gasteiger partial charge < -0.3 is 5.32 Å². The third-order valence-corrected chi connectivity index (χ3v) is 3.69. The number of aryl methyl sites for hydroxylation is 1. The normalized spacial score (nSPS) is 10.2. The van der Waals surface area contributed by atoms with E-state index in [0.29, 0.717) is 5.69 Å². The SMILES string of the molecule is Cc1ccc(NC(=O)c2ccc([N+](=O)[O-])cc2F)cc1Br. The van der Waals surface area contributed by atoms with Crippen LogP contribution in [0.3, 0.4) is 0 Å². The van der Waals surface area contributed by atoms with Crippen molar-refractivity contribution in [1.29, 1.82) is 0 Å². The van der Waals surface area contributed by atoms with Gasteiger partial charge in [-0.2, -0.15) is 0 Å². The van der Waals surface area contributed by atoms with Crippen LogP contribution in [-0.4, -0.2) is 10.8 Å². The summed E-state index contributed by atoms with van der Waals surface area (Å²) in [5.74, 6) is -1.61. The Hall–Kier alpha value is -2.28. The van der Waals surface area contributed by atoms with Gasteiger partial charge in [0.2, 0.25) is 0 Å². The van der Waals surface area contributed by atoms with Gasteiger partial charge in [0.05, 0.1) is 16.6 Å². The number of non-ortho nitro benzene ring substituents is 1. The zero-order valence-electron chi connectivity index (χ0n) is 10.9. The summed E-state index contributed by atoms with van der Waals surface area (Å²) in [6, 6.07) is 8.07. The first-order valence-corrected chi connectivity index (χ1v) is 6.69. The fourth-order valence-corrected chi connectivity index (χ4v) is 2.05. The molecule has 5 nitrogen and oxygen atoms in total. The molecular formula is C14H10BrFN2O3. The zero-order valence-corrected chi connectivity index (χ0v) is 12.5. The highest BCUT2D eigenvalue weighted by Gasteiger charge is 2.16. The van der Waals surface area contributed by atoms with Crippen molar-refractivity contribution in [3.05, 3.63) is 67.9 Å². The molecule has 0 bridgehead atoms. The van der Waals surface area contributed by atoms with Crippen molar-refractivity contribution in [2.45, 2.75) is 6.92 Å². The highest BCUT2D eigenvalue weighted by molar-refractivity contribution is 9.10. The number of anilines is 1. The number of carbonyl (C=O) groups is 1. The number of nitrogens with zero attached hydrogens (tertiary/aromatic N) is 1. The fraction of sp³-hybridized carbons (Fsp3) is 0.0714. The number of halogens is 2. The quantitative estimate of drug-likeness (QED) is 0.668. The van der Waals surface area contributed by atoms with E-state index < -0.39 is 22.3 Å². The topological polar surface area (TPSA) is 72.2 Å². The molecule has 0 radical (unpaired) electrons. The Kier molecular flexibility index (Phi) is 4.32. The van der Waals surface area contributed by atoms with Crippen molar-refractivity contribution in [2.75, 3.05) is 5.32 Å². The number of nitrogens with one attached hydrogen (secondary N) is 1. The van der Waals surface area contributed by atoms with E-state index in [1.54, 1.807) is 18.2 Å². The third-order valence-electron chi connectivity index (χ3n) is 2.84. The monoisotopic (exact) mass is 352 g/mol. The van der Waals surface area contributed by atoms with Crippen molar-refractivity contribution >= 4 is 33.2 Å². The molecule has 108 valence electrons. The van der Waals surface area contributed by atoms with E-state index in [4.69, 9.17) is 0 Å². The molecule has 0 aliphatic carbocycles. The Morgan fingerprint density at radius 2 is 2.00 bits per heavy atom. The molecule has 1 N–H and O–H groups in total. The van der Waals surface area contributed by atoms with Crippen LogP contribution < -0.4 is 5.32 Å². The van der Waals surface area contributed by atoms with Gasteiger partial charge in [-0.05, 0) is 30.7 Å². The molecule has 0 saturated heterocycles. The lowest BCUT2D eigenvalue weighted by Crippen LogP contribution is -2.14. The molecule has 1 amide bonds. The molecule has 2 aromatic rings. The van der Waals surface area contributed by atoms with Gasteiger partial charge in [-0.1, -0.05) is 22.0 Å². The van der Waals surface area contributed by atoms with Crippen LogP contribution in [0.25, 0.3) is 0 Å². The van der Waals surface area contributed by atoms with Crippen LogP contribution in [0, 0.1) is 22.9 Å². The fourth-order valence-electron chi connectivity index (χ4n) is 1.67. The second-order valence-corrected chi connectivity index (χ2v) is 5.19. The van der Waals surface area contributed by atoms with E-state index in [1.165, 1.54) is 0 Å². The van der Waals surface area contributed by atoms with E-state index >= 15 is 0 Å². The lowest BCUT2D eigenvalue weighted by Gasteiger charge is -2.07. The van der Waals surface area contributed by atoms with Crippen LogP contribution in [0.15, 0.2) is 40.9 Å². The summed E-state index contributed by atoms with van der Waals surface area (Å²) in [5.41, 5.74) is 0.837. The standard InChI is InChI=1S/C14H10BrFN2O3/c1-8-2-3-9(6-12(8)15)17-14(19)11-5-4-10(18(20)21)7-13(11)16/h2-7H,1H3,(H,17,19). The number of carbonyl (C=O) groups excluding carboxylic acids is 1. The second kappa shape index (κ2) is 6.01. The van der Waals surface area contributed by atoms with Crippen molar-refractivity contribution in [3.8, 4) is 0 Å². The number of rotatable bonds is 3. The minimum atomic E-state index is -0.937. The summed E-state index contributed by atoms with van der Waals surface area (Å²) in [6.45, 7) is 1.89. The molecule has 0 heterocycles. The molecule has 21 heavy (non-hydrogen) atoms. The Balaban J connectivity index is 2.24. The van der Waals surface area contributed by atoms with Crippen LogP contribution in [0.1, 0.15) is 15.9 Å². The Morgan fingerprint density at radius 1 is 1.29 bits per heavy atom. The van der Waals surface area contributed by atoms with Gasteiger partial charge in [0.25, 0.3) is 11.6 Å². The minimum absolute atomic E-state index is 0.253. The molecule has 0 spiro atoms. The van der Waals surface area contributed by atoms with E-state index in [-0.39, 0.29) is 5.56 Å². The maximum absolute atomic E-state index is 13.7. The minimum Gasteiger partial charge on any atom is -0.322 e. The summed E-state index contributed by atoms with van der Waals surface area (Å²) in [5, 5.41) is 13.1. The molecular weight excluding hydrogens is 343 g/mol. The summed E-state index contributed by atoms with van der Waals surface area (Å²) in [4.78, 5) is 21.8. The molecule has 0 aliphatic heterocycles. The average molecular weight is 353 g/mol. The molecule has 0 unspecified atom stereocenters. The number of hydrogen-bond donors (Lipinski definition) is 1. The average Bonchev–Trinajstić information content (AvgIpc) is 2.42. The van der Waals surface area contributed by atoms with Crippen LogP contribution >= 0.6 is 15.9 Å². The lowest BCUT2D eigenvalue weighted by atomic mass is 10.1. The van der Waals surface area contributed by atoms with E-state index in [2.05, 4.69) is 21.2 Å². The molecule has 0 atom stereocenters. The van der Waals surface area contributed by atoms with Gasteiger partial charge in [-0.25, -0.2) is 4.39 Å². The predicted octanol–water partition coefficient (Wildman–Crippen LogP) is 4.06. The number of nitro groups is 1. The molecule has 2 aromatic carbocycles. The van der Waals surface area contributed by atoms with Gasteiger partial charge in [-0.15, -0.1) is 0 Å². The summed E-state index contributed by atoms with van der Waals surface area (Å²) < 4.78 is 14.5. The van der Waals surface area contributed by atoms with E-state index in [0.717, 1.165) is 28.2 Å². The van der Waals surface area contributed by atoms with Gasteiger partial charge in [-0.3, -0.25) is 14.9 Å². The second-order valence-electron chi connectivity index (χ2n) is 4.34. The highest BCUT2D eigenvalue weighted by Crippen LogP contribution is 2.22. The first kappa shape index (κ1) is 15.1. The molecule has 0 fully saturated rings. The van der Waals surface area contributed by atoms with Crippen molar-refractivity contribution < 1.29 is 14.1 Å². The summed E-state index contributed by atoms with van der Waals surface area (Å²) >= 11 is 3.33. The molecule has 0 aromatic heterocycles. The maximum Gasteiger partial charge on any atom is 0.272 e. The summed E-state index contributed by atoms with van der Waals surface area (Å²) in [7, 11) is 0. The lowest BCUT2D eigenvalue weighted by molar-refractivity contribution is -0.385. The van der Waals surface area contributed by atoms with Crippen LogP contribution in [0.5, 0.6) is 0 Å². The summed E-state index contributed by atoms with van der Waals surface area (Å²) in [6.07, 6.45) is 0. The van der Waals surface area contributed by atoms with Crippen LogP contribution in [0.4, 0.5) is 15.8 Å². The number of nitro benzene ring substituents is 1. The van der Waals surface area contributed by atoms with Gasteiger partial charge in [0.15, 0.2) is 0 Å². The van der Waals surface area contributed by atoms with Crippen LogP contribution in [-0.2, 0) is 0 Å². The maximum atomic E-state index is 13.7. The van der Waals surface area contributed by atoms with Crippen molar-refractivity contribution in [3.63, 3.8) is 0 Å². The van der Waals surface area contributed by atoms with Gasteiger partial charge >= 0.3 is 0 Å². The smallest absolute Gasteiger partial charge is 0.272 e. The third kappa shape index (κ3) is 3.43. The van der Waals surface area contributed by atoms with Gasteiger partial charge in [0, 0.05) is 16.2 Å². The van der Waals surface area contributed by atoms with E-state index in [1.807, 2.05) is 6.92 Å². The zero-order chi connectivity index (χ0) is 15.6. The highest BCUT2D eigenvalue weighted by atomic mass is 79.9. The largest absolute Gasteiger partial charge is 0.322 e. The molecule has 0 saturated carbocycles. The predicted molar refractivity (Wildman–Crippen MR) is 79.9 cm³/mol. The Morgan fingerprint density at radius 3 is 2.57 bits per heavy atom. The Labute approximate surface area is 128 Å². The molecule has 7 heteroatoms. The van der Waals surface area contributed by atoms with Crippen molar-refractivity contribution in [1.82, 2.24) is 0 Å². The first-order chi connectivity index (χ1) is 9.88. The number of benzene rings is 2. The number of hydrogen-bond acceptors (Lipinski definition) is 3. The van der Waals surface area contributed by atoms with Crippen molar-refractivity contribution in [2.24, 2.45) is 0 Å². The molecule has 0 aliphatic rings.